The van der Waals surface area contributed by atoms with Crippen molar-refractivity contribution in [1.82, 2.24) is 9.66 Å². The van der Waals surface area contributed by atoms with Crippen LogP contribution < -0.4 is 21.1 Å². The highest BCUT2D eigenvalue weighted by atomic mass is 35.5. The smallest absolute Gasteiger partial charge is 0.341 e. The average Bonchev–Trinajstić information content (AvgIpc) is 2.70. The molecule has 4 rings (SSSR count). The molecule has 1 aliphatic rings. The summed E-state index contributed by atoms with van der Waals surface area (Å²) in [6, 6.07) is 8.80. The summed E-state index contributed by atoms with van der Waals surface area (Å²) in [7, 11) is 0. The lowest BCUT2D eigenvalue weighted by Crippen LogP contribution is -2.51. The van der Waals surface area contributed by atoms with Gasteiger partial charge in [0.15, 0.2) is 0 Å². The summed E-state index contributed by atoms with van der Waals surface area (Å²) >= 11 is 6.16. The van der Waals surface area contributed by atoms with E-state index in [0.29, 0.717) is 36.7 Å². The van der Waals surface area contributed by atoms with Gasteiger partial charge in [0, 0.05) is 25.5 Å². The van der Waals surface area contributed by atoms with E-state index in [-0.39, 0.29) is 16.6 Å². The molecule has 0 amide bonds. The number of benzene rings is 1. The van der Waals surface area contributed by atoms with Crippen molar-refractivity contribution in [3.8, 4) is 0 Å². The number of carboxylic acid groups (broad SMARTS) is 1. The Morgan fingerprint density at radius 3 is 2.57 bits per heavy atom. The fraction of sp³-hybridized carbons (Fsp3) is 0.211. The van der Waals surface area contributed by atoms with E-state index >= 15 is 0 Å². The highest BCUT2D eigenvalue weighted by Gasteiger charge is 2.22. The molecular weight excluding hydrogens is 382 g/mol. The number of nitrogens with zero attached hydrogens (tertiary/aromatic N) is 4. The fourth-order valence-electron chi connectivity index (χ4n) is 3.41. The number of hydrogen-bond acceptors (Lipinski definition) is 6. The lowest BCUT2D eigenvalue weighted by molar-refractivity contribution is 0.0695. The molecule has 1 saturated heterocycles. The van der Waals surface area contributed by atoms with Gasteiger partial charge in [-0.3, -0.25) is 9.47 Å². The quantitative estimate of drug-likeness (QED) is 0.647. The number of halogens is 1. The number of rotatable bonds is 3. The Hall–Kier alpha value is -3.26. The van der Waals surface area contributed by atoms with E-state index in [1.807, 2.05) is 23.2 Å². The van der Waals surface area contributed by atoms with Gasteiger partial charge in [0.1, 0.15) is 11.4 Å². The zero-order valence-electron chi connectivity index (χ0n) is 14.9. The number of anilines is 2. The molecule has 1 aliphatic heterocycles. The topological polar surface area (TPSA) is 105 Å². The minimum Gasteiger partial charge on any atom is -0.477 e. The molecule has 1 fully saturated rings. The molecule has 144 valence electrons. The molecule has 0 bridgehead atoms. The Labute approximate surface area is 165 Å². The zero-order chi connectivity index (χ0) is 19.8. The SMILES string of the molecule is Nc1cc2c(=O)c(C(=O)O)cn(N3CCN(c4ccccn4)CC3)c2cc1Cl. The molecule has 0 aliphatic carbocycles. The van der Waals surface area contributed by atoms with Crippen molar-refractivity contribution in [3.05, 3.63) is 63.5 Å². The van der Waals surface area contributed by atoms with Gasteiger partial charge >= 0.3 is 5.97 Å². The molecule has 9 heteroatoms. The van der Waals surface area contributed by atoms with Crippen LogP contribution in [0.2, 0.25) is 5.02 Å². The Bertz CT molecular complexity index is 1110. The summed E-state index contributed by atoms with van der Waals surface area (Å²) in [4.78, 5) is 30.7. The second kappa shape index (κ2) is 7.05. The number of hydrogen-bond donors (Lipinski definition) is 2. The van der Waals surface area contributed by atoms with E-state index in [4.69, 9.17) is 17.3 Å². The Kier molecular flexibility index (Phi) is 4.56. The van der Waals surface area contributed by atoms with Crippen LogP contribution in [0.4, 0.5) is 11.5 Å². The lowest BCUT2D eigenvalue weighted by Gasteiger charge is -2.38. The molecule has 3 N–H and O–H groups in total. The number of carboxylic acids is 1. The van der Waals surface area contributed by atoms with Gasteiger partial charge in [-0.25, -0.2) is 9.78 Å². The highest BCUT2D eigenvalue weighted by Crippen LogP contribution is 2.25. The van der Waals surface area contributed by atoms with E-state index in [1.54, 1.807) is 16.9 Å². The van der Waals surface area contributed by atoms with Crippen LogP contribution in [0.15, 0.2) is 47.5 Å². The van der Waals surface area contributed by atoms with Gasteiger partial charge in [0.2, 0.25) is 5.43 Å². The minimum atomic E-state index is -1.28. The van der Waals surface area contributed by atoms with Crippen molar-refractivity contribution in [2.24, 2.45) is 0 Å². The maximum Gasteiger partial charge on any atom is 0.341 e. The van der Waals surface area contributed by atoms with Crippen molar-refractivity contribution in [1.29, 1.82) is 0 Å². The summed E-state index contributed by atoms with van der Waals surface area (Å²) in [5.41, 5.74) is 5.72. The van der Waals surface area contributed by atoms with E-state index < -0.39 is 11.4 Å². The standard InChI is InChI=1S/C19H18ClN5O3/c20-14-10-16-12(9-15(14)21)18(26)13(19(27)28)11-25(16)24-7-5-23(6-8-24)17-3-1-2-4-22-17/h1-4,9-11H,5-8,21H2,(H,27,28). The zero-order valence-corrected chi connectivity index (χ0v) is 15.6. The van der Waals surface area contributed by atoms with Crippen molar-refractivity contribution in [2.45, 2.75) is 0 Å². The monoisotopic (exact) mass is 399 g/mol. The van der Waals surface area contributed by atoms with Crippen molar-refractivity contribution in [3.63, 3.8) is 0 Å². The molecule has 8 nitrogen and oxygen atoms in total. The molecule has 2 aromatic heterocycles. The van der Waals surface area contributed by atoms with Gasteiger partial charge in [-0.2, -0.15) is 0 Å². The Morgan fingerprint density at radius 2 is 1.93 bits per heavy atom. The number of carbonyl (C=O) groups is 1. The molecule has 0 atom stereocenters. The van der Waals surface area contributed by atoms with Gasteiger partial charge < -0.3 is 20.7 Å². The number of fused-ring (bicyclic) bond motifs is 1. The first kappa shape index (κ1) is 18.1. The summed E-state index contributed by atoms with van der Waals surface area (Å²) in [6.45, 7) is 2.65. The summed E-state index contributed by atoms with van der Waals surface area (Å²) < 4.78 is 1.70. The van der Waals surface area contributed by atoms with E-state index in [0.717, 1.165) is 5.82 Å². The number of nitrogens with two attached hydrogens (primary N) is 1. The van der Waals surface area contributed by atoms with Crippen LogP contribution in [0, 0.1) is 0 Å². The molecule has 3 heterocycles. The van der Waals surface area contributed by atoms with Gasteiger partial charge in [-0.1, -0.05) is 17.7 Å². The molecule has 0 unspecified atom stereocenters. The first-order valence-electron chi connectivity index (χ1n) is 8.74. The molecule has 0 saturated carbocycles. The average molecular weight is 400 g/mol. The van der Waals surface area contributed by atoms with Crippen molar-refractivity contribution >= 4 is 40.0 Å². The Morgan fingerprint density at radius 1 is 1.18 bits per heavy atom. The first-order valence-corrected chi connectivity index (χ1v) is 9.12. The summed E-state index contributed by atoms with van der Waals surface area (Å²) in [5, 5.41) is 12.0. The van der Waals surface area contributed by atoms with Crippen LogP contribution in [-0.2, 0) is 0 Å². The first-order chi connectivity index (χ1) is 13.5. The van der Waals surface area contributed by atoms with Crippen LogP contribution >= 0.6 is 11.6 Å². The number of aromatic nitrogens is 2. The maximum absolute atomic E-state index is 12.6. The van der Waals surface area contributed by atoms with Crippen LogP contribution in [0.25, 0.3) is 10.9 Å². The van der Waals surface area contributed by atoms with Crippen LogP contribution in [0.3, 0.4) is 0 Å². The second-order valence-electron chi connectivity index (χ2n) is 6.54. The molecule has 28 heavy (non-hydrogen) atoms. The van der Waals surface area contributed by atoms with Gasteiger partial charge in [0.25, 0.3) is 0 Å². The summed E-state index contributed by atoms with van der Waals surface area (Å²) in [6.07, 6.45) is 3.11. The molecule has 0 spiro atoms. The molecule has 0 radical (unpaired) electrons. The second-order valence-corrected chi connectivity index (χ2v) is 6.95. The van der Waals surface area contributed by atoms with Gasteiger partial charge in [-0.15, -0.1) is 0 Å². The largest absolute Gasteiger partial charge is 0.477 e. The third-order valence-electron chi connectivity index (χ3n) is 4.87. The van der Waals surface area contributed by atoms with Crippen LogP contribution in [-0.4, -0.2) is 46.9 Å². The van der Waals surface area contributed by atoms with Crippen LogP contribution in [0.5, 0.6) is 0 Å². The minimum absolute atomic E-state index is 0.231. The maximum atomic E-state index is 12.6. The molecular formula is C19H18ClN5O3. The molecule has 3 aromatic rings. The van der Waals surface area contributed by atoms with E-state index in [2.05, 4.69) is 9.88 Å². The van der Waals surface area contributed by atoms with Crippen LogP contribution in [0.1, 0.15) is 10.4 Å². The number of aromatic carboxylic acids is 1. The third kappa shape index (κ3) is 3.11. The number of pyridine rings is 2. The van der Waals surface area contributed by atoms with E-state index in [1.165, 1.54) is 12.3 Å². The van der Waals surface area contributed by atoms with Crippen molar-refractivity contribution in [2.75, 3.05) is 41.8 Å². The third-order valence-corrected chi connectivity index (χ3v) is 5.19. The lowest BCUT2D eigenvalue weighted by atomic mass is 10.1. The summed E-state index contributed by atoms with van der Waals surface area (Å²) in [5.74, 6) is -0.379. The van der Waals surface area contributed by atoms with Gasteiger partial charge in [-0.05, 0) is 24.3 Å². The predicted molar refractivity (Wildman–Crippen MR) is 109 cm³/mol. The highest BCUT2D eigenvalue weighted by molar-refractivity contribution is 6.33. The van der Waals surface area contributed by atoms with Crippen molar-refractivity contribution < 1.29 is 9.90 Å². The number of piperazine rings is 1. The van der Waals surface area contributed by atoms with E-state index in [9.17, 15) is 14.7 Å². The normalized spacial score (nSPS) is 14.5. The number of nitrogen functional groups attached to an aromatic ring is 1. The Balaban J connectivity index is 1.74. The van der Waals surface area contributed by atoms with Gasteiger partial charge in [0.05, 0.1) is 34.7 Å². The fourth-order valence-corrected chi connectivity index (χ4v) is 3.57. The molecule has 1 aromatic carbocycles. The predicted octanol–water partition coefficient (Wildman–Crippen LogP) is 1.79.